The monoisotopic (exact) mass is 192 g/mol. The third kappa shape index (κ3) is 2.30. The molecule has 0 aromatic carbocycles. The number of hydrogen-bond acceptors (Lipinski definition) is 0. The minimum Gasteiger partial charge on any atom is -0.166 e. The van der Waals surface area contributed by atoms with Crippen LogP contribution in [0.25, 0.3) is 0 Å². The first-order valence-corrected chi connectivity index (χ1v) is 3.68. The molecule has 0 nitrogen and oxygen atoms in total. The van der Waals surface area contributed by atoms with E-state index in [1.807, 2.05) is 0 Å². The van der Waals surface area contributed by atoms with E-state index in [1.165, 1.54) is 0 Å². The predicted molar refractivity (Wildman–Crippen MR) is 42.2 cm³/mol. The molecule has 0 amide bonds. The summed E-state index contributed by atoms with van der Waals surface area (Å²) in [6, 6.07) is 0. The summed E-state index contributed by atoms with van der Waals surface area (Å²) >= 11 is 5.45. The minimum absolute atomic E-state index is 0.150. The van der Waals surface area contributed by atoms with Crippen molar-refractivity contribution in [2.24, 2.45) is 0 Å². The molecule has 0 saturated carbocycles. The van der Waals surface area contributed by atoms with Crippen LogP contribution in [0.15, 0.2) is 22.8 Å². The second-order valence-electron chi connectivity index (χ2n) is 2.58. The Morgan fingerprint density at radius 1 is 1.50 bits per heavy atom. The summed E-state index contributed by atoms with van der Waals surface area (Å²) in [5.74, 6) is -0.626. The van der Waals surface area contributed by atoms with Gasteiger partial charge in [0.15, 0.2) is 0 Å². The summed E-state index contributed by atoms with van der Waals surface area (Å²) < 4.78 is 36.2. The number of halogens is 4. The third-order valence-corrected chi connectivity index (χ3v) is 1.73. The highest BCUT2D eigenvalue weighted by Gasteiger charge is 2.33. The Hall–Kier alpha value is -0.375. The highest BCUT2D eigenvalue weighted by molar-refractivity contribution is 6.30. The molecule has 1 aliphatic rings. The van der Waals surface area contributed by atoms with Crippen molar-refractivity contribution in [1.82, 2.24) is 0 Å². The number of allylic oxidation sites excluding steroid dienone is 4. The maximum absolute atomic E-state index is 12.1. The molecule has 0 N–H and O–H groups in total. The van der Waals surface area contributed by atoms with Crippen LogP contribution in [-0.4, -0.2) is 14.0 Å². The molecule has 1 aliphatic carbocycles. The fourth-order valence-electron chi connectivity index (χ4n) is 0.967. The molecule has 0 bridgehead atoms. The first-order valence-electron chi connectivity index (χ1n) is 3.30. The topological polar surface area (TPSA) is 0 Å². The zero-order chi connectivity index (χ0) is 9.35. The van der Waals surface area contributed by atoms with Crippen molar-refractivity contribution in [3.63, 3.8) is 0 Å². The van der Waals surface area contributed by atoms with Gasteiger partial charge in [0.05, 0.1) is 13.4 Å². The van der Waals surface area contributed by atoms with E-state index < -0.39 is 17.6 Å². The SMILES string of the molecule is [B]C1C=C(C(F)(F)F)C=C(Cl)C1. The zero-order valence-corrected chi connectivity index (χ0v) is 6.78. The smallest absolute Gasteiger partial charge is 0.166 e. The van der Waals surface area contributed by atoms with Crippen LogP contribution in [0.1, 0.15) is 6.42 Å². The molecular weight excluding hydrogens is 187 g/mol. The normalized spacial score (nSPS) is 24.8. The lowest BCUT2D eigenvalue weighted by Gasteiger charge is -2.17. The quantitative estimate of drug-likeness (QED) is 0.518. The van der Waals surface area contributed by atoms with Gasteiger partial charge in [0, 0.05) is 5.03 Å². The number of rotatable bonds is 0. The van der Waals surface area contributed by atoms with E-state index in [4.69, 9.17) is 19.4 Å². The number of hydrogen-bond donors (Lipinski definition) is 0. The van der Waals surface area contributed by atoms with Gasteiger partial charge in [0.1, 0.15) is 0 Å². The average molecular weight is 192 g/mol. The molecule has 1 rings (SSSR count). The number of alkyl halides is 3. The summed E-state index contributed by atoms with van der Waals surface area (Å²) in [4.78, 5) is 0. The average Bonchev–Trinajstić information content (AvgIpc) is 1.82. The van der Waals surface area contributed by atoms with Gasteiger partial charge in [-0.05, 0) is 12.5 Å². The Kier molecular flexibility index (Phi) is 2.56. The largest absolute Gasteiger partial charge is 0.416 e. The van der Waals surface area contributed by atoms with Gasteiger partial charge >= 0.3 is 6.18 Å². The highest BCUT2D eigenvalue weighted by atomic mass is 35.5. The van der Waals surface area contributed by atoms with Crippen molar-refractivity contribution in [2.75, 3.05) is 0 Å². The van der Waals surface area contributed by atoms with Gasteiger partial charge < -0.3 is 0 Å². The Morgan fingerprint density at radius 3 is 2.50 bits per heavy atom. The molecule has 64 valence electrons. The minimum atomic E-state index is -4.35. The molecule has 0 aromatic heterocycles. The molecule has 0 heterocycles. The first kappa shape index (κ1) is 9.71. The van der Waals surface area contributed by atoms with Crippen molar-refractivity contribution in [2.45, 2.75) is 18.4 Å². The second-order valence-corrected chi connectivity index (χ2v) is 3.06. The van der Waals surface area contributed by atoms with Crippen LogP contribution in [0.5, 0.6) is 0 Å². The van der Waals surface area contributed by atoms with Gasteiger partial charge in [-0.25, -0.2) is 0 Å². The van der Waals surface area contributed by atoms with Crippen LogP contribution in [0, 0.1) is 0 Å². The molecule has 0 aliphatic heterocycles. The lowest BCUT2D eigenvalue weighted by atomic mass is 9.80. The van der Waals surface area contributed by atoms with E-state index in [0.29, 0.717) is 0 Å². The van der Waals surface area contributed by atoms with Gasteiger partial charge in [-0.2, -0.15) is 13.2 Å². The van der Waals surface area contributed by atoms with Crippen molar-refractivity contribution >= 4 is 19.4 Å². The molecule has 0 aromatic rings. The summed E-state index contributed by atoms with van der Waals surface area (Å²) in [7, 11) is 5.31. The Morgan fingerprint density at radius 2 is 2.08 bits per heavy atom. The summed E-state index contributed by atoms with van der Waals surface area (Å²) in [6.07, 6.45) is -2.18. The van der Waals surface area contributed by atoms with Crippen LogP contribution in [0.4, 0.5) is 13.2 Å². The first-order chi connectivity index (χ1) is 5.39. The van der Waals surface area contributed by atoms with E-state index in [0.717, 1.165) is 12.2 Å². The van der Waals surface area contributed by atoms with E-state index >= 15 is 0 Å². The van der Waals surface area contributed by atoms with Crippen molar-refractivity contribution < 1.29 is 13.2 Å². The summed E-state index contributed by atoms with van der Waals surface area (Å²) in [5, 5.41) is 0.150. The zero-order valence-electron chi connectivity index (χ0n) is 6.03. The Balaban J connectivity index is 2.91. The lowest BCUT2D eigenvalue weighted by molar-refractivity contribution is -0.0886. The molecule has 0 fully saturated rings. The van der Waals surface area contributed by atoms with Crippen LogP contribution in [-0.2, 0) is 0 Å². The summed E-state index contributed by atoms with van der Waals surface area (Å²) in [5.41, 5.74) is -0.758. The molecule has 2 radical (unpaired) electrons. The Bertz CT molecular complexity index is 242. The van der Waals surface area contributed by atoms with Gasteiger partial charge in [-0.3, -0.25) is 0 Å². The van der Waals surface area contributed by atoms with Crippen LogP contribution >= 0.6 is 11.6 Å². The predicted octanol–water partition coefficient (Wildman–Crippen LogP) is 2.96. The van der Waals surface area contributed by atoms with Gasteiger partial charge in [0.2, 0.25) is 0 Å². The van der Waals surface area contributed by atoms with E-state index in [-0.39, 0.29) is 11.5 Å². The van der Waals surface area contributed by atoms with Crippen molar-refractivity contribution in [3.05, 3.63) is 22.8 Å². The fraction of sp³-hybridized carbons (Fsp3) is 0.429. The molecule has 1 unspecified atom stereocenters. The molecular formula is C7H5BClF3. The van der Waals surface area contributed by atoms with E-state index in [2.05, 4.69) is 0 Å². The van der Waals surface area contributed by atoms with Crippen LogP contribution in [0.3, 0.4) is 0 Å². The third-order valence-electron chi connectivity index (χ3n) is 1.46. The second kappa shape index (κ2) is 3.17. The van der Waals surface area contributed by atoms with Gasteiger partial charge in [-0.1, -0.05) is 23.5 Å². The molecule has 5 heteroatoms. The molecule has 0 saturated heterocycles. The van der Waals surface area contributed by atoms with Gasteiger partial charge in [-0.15, -0.1) is 0 Å². The van der Waals surface area contributed by atoms with E-state index in [9.17, 15) is 13.2 Å². The fourth-order valence-corrected chi connectivity index (χ4v) is 1.26. The van der Waals surface area contributed by atoms with Gasteiger partial charge in [0.25, 0.3) is 0 Å². The van der Waals surface area contributed by atoms with Crippen molar-refractivity contribution in [1.29, 1.82) is 0 Å². The molecule has 12 heavy (non-hydrogen) atoms. The molecule has 0 spiro atoms. The van der Waals surface area contributed by atoms with Crippen molar-refractivity contribution in [3.8, 4) is 0 Å². The maximum Gasteiger partial charge on any atom is 0.416 e. The maximum atomic E-state index is 12.1. The van der Waals surface area contributed by atoms with E-state index in [1.54, 1.807) is 0 Å². The van der Waals surface area contributed by atoms with Crippen LogP contribution in [0.2, 0.25) is 5.82 Å². The lowest BCUT2D eigenvalue weighted by Crippen LogP contribution is -2.13. The summed E-state index contributed by atoms with van der Waals surface area (Å²) in [6.45, 7) is 0. The molecule has 1 atom stereocenters. The standard InChI is InChI=1S/C7H5BClF3/c8-5-1-4(7(10,11)12)2-6(9)3-5/h1-2,5H,3H2. The van der Waals surface area contributed by atoms with Crippen LogP contribution < -0.4 is 0 Å². The Labute approximate surface area is 74.5 Å². The highest BCUT2D eigenvalue weighted by Crippen LogP contribution is 2.35.